The van der Waals surface area contributed by atoms with Crippen LogP contribution in [0, 0.1) is 16.2 Å². The van der Waals surface area contributed by atoms with Gasteiger partial charge in [-0.05, 0) is 20.8 Å². The van der Waals surface area contributed by atoms with Gasteiger partial charge in [0.25, 0.3) is 0 Å². The molecule has 0 saturated heterocycles. The van der Waals surface area contributed by atoms with Crippen LogP contribution in [0.3, 0.4) is 0 Å². The number of aliphatic hydroxyl groups excluding tert-OH is 6. The number of aliphatic hydroxyl groups is 6. The Hall–Kier alpha value is -0.947. The molecule has 0 aromatic rings. The zero-order valence-corrected chi connectivity index (χ0v) is 19.3. The number of carbonyl (C=O) groups is 3. The molecule has 0 heterocycles. The molecule has 0 aromatic heterocycles. The minimum atomic E-state index is -1.50. The van der Waals surface area contributed by atoms with Crippen LogP contribution in [0.1, 0.15) is 20.8 Å². The first-order valence-electron chi connectivity index (χ1n) is 7.49. The fraction of sp³-hybridized carbons (Fsp3) is 0.800. The predicted molar refractivity (Wildman–Crippen MR) is 87.6 cm³/mol. The van der Waals surface area contributed by atoms with Gasteiger partial charge in [0, 0.05) is 0 Å². The molecule has 0 aliphatic rings. The second-order valence-electron chi connectivity index (χ2n) is 6.49. The monoisotopic (exact) mass is 608 g/mol. The second kappa shape index (κ2) is 15.9. The molecule has 0 amide bonds. The summed E-state index contributed by atoms with van der Waals surface area (Å²) in [5.74, 6) is -4.31. The zero-order valence-electron chi connectivity index (χ0n) is 15.8. The van der Waals surface area contributed by atoms with Gasteiger partial charge in [-0.15, -0.1) is 0 Å². The van der Waals surface area contributed by atoms with E-state index >= 15 is 0 Å². The number of carboxylic acid groups (broad SMARTS) is 3. The Morgan fingerprint density at radius 1 is 0.536 bits per heavy atom. The van der Waals surface area contributed by atoms with Gasteiger partial charge in [-0.1, -0.05) is 0 Å². The van der Waals surface area contributed by atoms with Gasteiger partial charge in [-0.25, -0.2) is 0 Å². The van der Waals surface area contributed by atoms with E-state index in [-0.39, 0.29) is 26.2 Å². The summed E-state index contributed by atoms with van der Waals surface area (Å²) in [6, 6.07) is 0. The Morgan fingerprint density at radius 2 is 0.643 bits per heavy atom. The van der Waals surface area contributed by atoms with Gasteiger partial charge in [-0.2, -0.15) is 0 Å². The molecule has 0 bridgehead atoms. The van der Waals surface area contributed by atoms with Crippen LogP contribution in [-0.2, 0) is 14.4 Å². The molecule has 28 heavy (non-hydrogen) atoms. The largest absolute Gasteiger partial charge is 3.00 e. The molecule has 0 atom stereocenters. The van der Waals surface area contributed by atoms with E-state index in [0.29, 0.717) is 0 Å². The molecular weight excluding hydrogens is 581 g/mol. The molecule has 12 nitrogen and oxygen atoms in total. The van der Waals surface area contributed by atoms with Crippen molar-refractivity contribution in [2.45, 2.75) is 20.8 Å². The van der Waals surface area contributed by atoms with E-state index in [4.69, 9.17) is 30.6 Å². The average molecular weight is 608 g/mol. The van der Waals surface area contributed by atoms with Gasteiger partial charge in [0.05, 0.1) is 73.8 Å². The minimum absolute atomic E-state index is 0. The van der Waals surface area contributed by atoms with Crippen LogP contribution in [0.4, 0.5) is 0 Å². The number of carbonyl (C=O) groups excluding carboxylic acids is 3. The Bertz CT molecular complexity index is 389. The van der Waals surface area contributed by atoms with Crippen molar-refractivity contribution >= 4 is 44.1 Å². The summed E-state index contributed by atoms with van der Waals surface area (Å²) >= 11 is 0. The Labute approximate surface area is 181 Å². The molecule has 2 radical (unpaired) electrons. The van der Waals surface area contributed by atoms with Gasteiger partial charge < -0.3 is 60.3 Å². The van der Waals surface area contributed by atoms with Crippen molar-refractivity contribution in [3.8, 4) is 0 Å². The molecule has 6 N–H and O–H groups in total. The summed E-state index contributed by atoms with van der Waals surface area (Å²) < 4.78 is 0. The number of hydrogen-bond acceptors (Lipinski definition) is 12. The summed E-state index contributed by atoms with van der Waals surface area (Å²) in [5.41, 5.74) is -4.50. The third kappa shape index (κ3) is 11.8. The van der Waals surface area contributed by atoms with Crippen LogP contribution in [0.25, 0.3) is 0 Å². The molecule has 0 aliphatic heterocycles. The maximum Gasteiger partial charge on any atom is 3.00 e. The zero-order chi connectivity index (χ0) is 22.5. The van der Waals surface area contributed by atoms with Gasteiger partial charge in [-0.3, -0.25) is 0 Å². The number of hydrogen-bond donors (Lipinski definition) is 6. The van der Waals surface area contributed by atoms with Crippen LogP contribution in [0.2, 0.25) is 0 Å². The predicted octanol–water partition coefficient (Wildman–Crippen LogP) is -7.20. The molecule has 0 aromatic carbocycles. The molecule has 13 heteroatoms. The van der Waals surface area contributed by atoms with Crippen molar-refractivity contribution in [1.29, 1.82) is 0 Å². The molecule has 0 rings (SSSR count). The van der Waals surface area contributed by atoms with E-state index in [0.717, 1.165) is 0 Å². The van der Waals surface area contributed by atoms with Gasteiger partial charge >= 0.3 is 26.2 Å². The van der Waals surface area contributed by atoms with Crippen LogP contribution in [0.15, 0.2) is 0 Å². The average Bonchev–Trinajstić information content (AvgIpc) is 2.66. The molecule has 0 unspecified atom stereocenters. The number of aliphatic carboxylic acids is 3. The van der Waals surface area contributed by atoms with Crippen LogP contribution in [0.5, 0.6) is 0 Å². The van der Waals surface area contributed by atoms with Crippen LogP contribution >= 0.6 is 0 Å². The fourth-order valence-corrected chi connectivity index (χ4v) is 0.537. The summed E-state index contributed by atoms with van der Waals surface area (Å²) in [7, 11) is 0. The van der Waals surface area contributed by atoms with Crippen LogP contribution < -0.4 is 15.3 Å². The first-order chi connectivity index (χ1) is 12.2. The molecule has 0 fully saturated rings. The van der Waals surface area contributed by atoms with E-state index in [2.05, 4.69) is 0 Å². The molecule has 164 valence electrons. The summed E-state index contributed by atoms with van der Waals surface area (Å²) in [6.07, 6.45) is 0. The maximum absolute atomic E-state index is 10.1. The van der Waals surface area contributed by atoms with Gasteiger partial charge in [0.2, 0.25) is 0 Å². The molecule has 0 saturated carbocycles. The van der Waals surface area contributed by atoms with Crippen molar-refractivity contribution in [2.75, 3.05) is 39.6 Å². The van der Waals surface area contributed by atoms with E-state index in [1.807, 2.05) is 0 Å². The summed E-state index contributed by atoms with van der Waals surface area (Å²) in [6.45, 7) is -0.00000000000000200. The third-order valence-corrected chi connectivity index (χ3v) is 3.57. The van der Waals surface area contributed by atoms with Crippen molar-refractivity contribution in [3.05, 3.63) is 0 Å². The Morgan fingerprint density at radius 3 is 0.643 bits per heavy atom. The second-order valence-corrected chi connectivity index (χ2v) is 6.49. The summed E-state index contributed by atoms with van der Waals surface area (Å²) in [4.78, 5) is 30.2. The molecule has 0 spiro atoms. The number of rotatable bonds is 9. The fourth-order valence-electron chi connectivity index (χ4n) is 0.537. The van der Waals surface area contributed by atoms with E-state index in [9.17, 15) is 29.7 Å². The van der Waals surface area contributed by atoms with Gasteiger partial charge in [0.1, 0.15) is 0 Å². The maximum atomic E-state index is 10.1. The Balaban J connectivity index is -0.000000152. The van der Waals surface area contributed by atoms with Crippen molar-refractivity contribution in [2.24, 2.45) is 16.2 Å². The van der Waals surface area contributed by atoms with Gasteiger partial charge in [0.15, 0.2) is 0 Å². The SMILES string of the molecule is CC(CO)(CO)C(=O)[O-].CC(CO)(CO)C(=O)[O-].CC(CO)(CO)C(=O)[O-].[Bi+3]. The van der Waals surface area contributed by atoms with E-state index in [1.165, 1.54) is 20.8 Å². The van der Waals surface area contributed by atoms with E-state index in [1.54, 1.807) is 0 Å². The number of carboxylic acids is 3. The third-order valence-electron chi connectivity index (χ3n) is 3.57. The normalized spacial score (nSPS) is 11.0. The van der Waals surface area contributed by atoms with E-state index < -0.39 is 73.8 Å². The molecule has 0 aliphatic carbocycles. The van der Waals surface area contributed by atoms with Crippen molar-refractivity contribution in [1.82, 2.24) is 0 Å². The quantitative estimate of drug-likeness (QED) is 0.134. The molecular formula is C15H27BiO12. The van der Waals surface area contributed by atoms with Crippen LogP contribution in [-0.4, -0.2) is 114 Å². The topological polar surface area (TPSA) is 242 Å². The Kier molecular flexibility index (Phi) is 19.6. The van der Waals surface area contributed by atoms with Crippen molar-refractivity contribution in [3.63, 3.8) is 0 Å². The van der Waals surface area contributed by atoms with Crippen molar-refractivity contribution < 1.29 is 60.3 Å². The minimum Gasteiger partial charge on any atom is -0.549 e. The summed E-state index contributed by atoms with van der Waals surface area (Å²) in [5, 5.41) is 80.4. The first-order valence-corrected chi connectivity index (χ1v) is 7.49. The standard InChI is InChI=1S/3C5H10O4.Bi/c3*1-5(2-6,3-7)4(8)9;/h3*6-7H,2-3H2,1H3,(H,8,9);/q;;;+3/p-3. The first kappa shape index (κ1) is 34.6. The smallest absolute Gasteiger partial charge is 0.549 e.